The Morgan fingerprint density at radius 2 is 2.00 bits per heavy atom. The molecule has 0 heterocycles. The lowest BCUT2D eigenvalue weighted by Gasteiger charge is -2.51. The largest absolute Gasteiger partial charge is 0.391 e. The number of hydrogen-bond donors (Lipinski definition) is 1. The molecular weight excluding hydrogens is 210 g/mol. The molecule has 0 amide bonds. The minimum absolute atomic E-state index is 0.219. The summed E-state index contributed by atoms with van der Waals surface area (Å²) in [6.07, 6.45) is 5.01. The average molecular weight is 239 g/mol. The third-order valence-electron chi connectivity index (χ3n) is 4.54. The molecule has 1 rings (SSSR count). The van der Waals surface area contributed by atoms with Gasteiger partial charge >= 0.3 is 0 Å². The monoisotopic (exact) mass is 239 g/mol. The number of allylic oxidation sites excluding steroid dienone is 1. The molecule has 0 aromatic carbocycles. The molecule has 1 saturated carbocycles. The second kappa shape index (κ2) is 5.53. The number of nitrogens with zero attached hydrogens (tertiary/aromatic N) is 1. The van der Waals surface area contributed by atoms with E-state index in [0.29, 0.717) is 11.8 Å². The van der Waals surface area contributed by atoms with Crippen LogP contribution in [0.15, 0.2) is 12.7 Å². The van der Waals surface area contributed by atoms with E-state index in [-0.39, 0.29) is 17.6 Å². The fourth-order valence-corrected chi connectivity index (χ4v) is 3.89. The zero-order chi connectivity index (χ0) is 13.2. The number of rotatable bonds is 4. The molecule has 1 aliphatic carbocycles. The lowest BCUT2D eigenvalue weighted by atomic mass is 9.60. The van der Waals surface area contributed by atoms with Crippen molar-refractivity contribution in [1.82, 2.24) is 4.90 Å². The fourth-order valence-electron chi connectivity index (χ4n) is 3.89. The molecular formula is C15H29NO. The van der Waals surface area contributed by atoms with Crippen LogP contribution in [-0.4, -0.2) is 36.2 Å². The standard InChI is InChI=1S/C15H29NO/c1-7-9-11-10-15(3,4)12(8-2)14(17)13(11)16(5)6/h7,11-14,17H,1,8-10H2,2-6H3. The Labute approximate surface area is 107 Å². The number of aliphatic hydroxyl groups is 1. The Morgan fingerprint density at radius 3 is 2.41 bits per heavy atom. The van der Waals surface area contributed by atoms with Gasteiger partial charge in [0, 0.05) is 6.04 Å². The van der Waals surface area contributed by atoms with Gasteiger partial charge in [0.25, 0.3) is 0 Å². The van der Waals surface area contributed by atoms with Crippen LogP contribution in [0.4, 0.5) is 0 Å². The molecule has 0 radical (unpaired) electrons. The zero-order valence-corrected chi connectivity index (χ0v) is 12.1. The smallest absolute Gasteiger partial charge is 0.0731 e. The summed E-state index contributed by atoms with van der Waals surface area (Å²) < 4.78 is 0. The predicted octanol–water partition coefficient (Wildman–Crippen LogP) is 2.93. The van der Waals surface area contributed by atoms with Crippen LogP contribution >= 0.6 is 0 Å². The Balaban J connectivity index is 2.98. The van der Waals surface area contributed by atoms with E-state index in [4.69, 9.17) is 0 Å². The van der Waals surface area contributed by atoms with E-state index in [9.17, 15) is 5.11 Å². The Morgan fingerprint density at radius 1 is 1.41 bits per heavy atom. The quantitative estimate of drug-likeness (QED) is 0.763. The highest BCUT2D eigenvalue weighted by atomic mass is 16.3. The molecule has 4 unspecified atom stereocenters. The first kappa shape index (κ1) is 14.7. The van der Waals surface area contributed by atoms with Crippen molar-refractivity contribution in [3.63, 3.8) is 0 Å². The van der Waals surface area contributed by atoms with E-state index in [1.54, 1.807) is 0 Å². The van der Waals surface area contributed by atoms with Crippen molar-refractivity contribution < 1.29 is 5.11 Å². The van der Waals surface area contributed by atoms with Crippen LogP contribution in [0.25, 0.3) is 0 Å². The van der Waals surface area contributed by atoms with E-state index in [1.165, 1.54) is 6.42 Å². The van der Waals surface area contributed by atoms with Gasteiger partial charge in [-0.3, -0.25) is 0 Å². The topological polar surface area (TPSA) is 23.5 Å². The summed E-state index contributed by atoms with van der Waals surface area (Å²) in [6, 6.07) is 0.269. The second-order valence-electron chi connectivity index (χ2n) is 6.44. The first-order chi connectivity index (χ1) is 7.85. The lowest BCUT2D eigenvalue weighted by Crippen LogP contribution is -2.56. The maximum absolute atomic E-state index is 10.7. The van der Waals surface area contributed by atoms with Gasteiger partial charge in [0.05, 0.1) is 6.10 Å². The van der Waals surface area contributed by atoms with Gasteiger partial charge in [0.15, 0.2) is 0 Å². The van der Waals surface area contributed by atoms with Crippen LogP contribution in [0.3, 0.4) is 0 Å². The summed E-state index contributed by atoms with van der Waals surface area (Å²) in [7, 11) is 4.16. The molecule has 0 bridgehead atoms. The highest BCUT2D eigenvalue weighted by Crippen LogP contribution is 2.47. The van der Waals surface area contributed by atoms with Crippen molar-refractivity contribution in [1.29, 1.82) is 0 Å². The molecule has 1 N–H and O–H groups in total. The van der Waals surface area contributed by atoms with Gasteiger partial charge in [-0.15, -0.1) is 6.58 Å². The minimum Gasteiger partial charge on any atom is -0.391 e. The van der Waals surface area contributed by atoms with E-state index < -0.39 is 0 Å². The molecule has 1 aliphatic rings. The van der Waals surface area contributed by atoms with Crippen LogP contribution in [0.5, 0.6) is 0 Å². The normalized spacial score (nSPS) is 37.1. The third kappa shape index (κ3) is 2.92. The SMILES string of the molecule is C=CCC1CC(C)(C)C(CC)C(O)C1N(C)C. The van der Waals surface area contributed by atoms with Gasteiger partial charge in [-0.2, -0.15) is 0 Å². The molecule has 2 heteroatoms. The van der Waals surface area contributed by atoms with Crippen LogP contribution in [0, 0.1) is 17.3 Å². The van der Waals surface area contributed by atoms with E-state index in [2.05, 4.69) is 46.3 Å². The Kier molecular flexibility index (Phi) is 4.79. The van der Waals surface area contributed by atoms with E-state index >= 15 is 0 Å². The second-order valence-corrected chi connectivity index (χ2v) is 6.44. The lowest BCUT2D eigenvalue weighted by molar-refractivity contribution is -0.0894. The van der Waals surface area contributed by atoms with E-state index in [1.807, 2.05) is 6.08 Å². The minimum atomic E-state index is -0.219. The van der Waals surface area contributed by atoms with Gasteiger partial charge in [0.2, 0.25) is 0 Å². The van der Waals surface area contributed by atoms with Crippen molar-refractivity contribution in [3.05, 3.63) is 12.7 Å². The molecule has 0 spiro atoms. The maximum Gasteiger partial charge on any atom is 0.0731 e. The fraction of sp³-hybridized carbons (Fsp3) is 0.867. The molecule has 2 nitrogen and oxygen atoms in total. The molecule has 1 fully saturated rings. The summed E-state index contributed by atoms with van der Waals surface area (Å²) in [5.41, 5.74) is 0.231. The van der Waals surface area contributed by atoms with Crippen LogP contribution in [0.1, 0.15) is 40.0 Å². The summed E-state index contributed by atoms with van der Waals surface area (Å²) in [4.78, 5) is 2.19. The van der Waals surface area contributed by atoms with Crippen molar-refractivity contribution in [2.24, 2.45) is 17.3 Å². The van der Waals surface area contributed by atoms with Gasteiger partial charge in [0.1, 0.15) is 0 Å². The van der Waals surface area contributed by atoms with Crippen LogP contribution < -0.4 is 0 Å². The van der Waals surface area contributed by atoms with Crippen molar-refractivity contribution >= 4 is 0 Å². The molecule has 0 aromatic heterocycles. The number of aliphatic hydroxyl groups excluding tert-OH is 1. The van der Waals surface area contributed by atoms with Gasteiger partial charge in [-0.25, -0.2) is 0 Å². The maximum atomic E-state index is 10.7. The van der Waals surface area contributed by atoms with Crippen LogP contribution in [-0.2, 0) is 0 Å². The summed E-state index contributed by atoms with van der Waals surface area (Å²) in [5, 5.41) is 10.7. The van der Waals surface area contributed by atoms with Crippen molar-refractivity contribution in [2.75, 3.05) is 14.1 Å². The first-order valence-electron chi connectivity index (χ1n) is 6.80. The van der Waals surface area contributed by atoms with E-state index in [0.717, 1.165) is 12.8 Å². The summed E-state index contributed by atoms with van der Waals surface area (Å²) in [6.45, 7) is 10.6. The molecule has 100 valence electrons. The highest BCUT2D eigenvalue weighted by molar-refractivity contribution is 5.00. The molecule has 17 heavy (non-hydrogen) atoms. The molecule has 0 saturated heterocycles. The van der Waals surface area contributed by atoms with Gasteiger partial charge in [-0.05, 0) is 44.2 Å². The Bertz CT molecular complexity index is 260. The zero-order valence-electron chi connectivity index (χ0n) is 12.1. The van der Waals surface area contributed by atoms with Crippen molar-refractivity contribution in [2.45, 2.75) is 52.2 Å². The summed E-state index contributed by atoms with van der Waals surface area (Å²) in [5.74, 6) is 0.922. The van der Waals surface area contributed by atoms with Gasteiger partial charge in [-0.1, -0.05) is 33.3 Å². The van der Waals surface area contributed by atoms with Gasteiger partial charge < -0.3 is 10.0 Å². The third-order valence-corrected chi connectivity index (χ3v) is 4.54. The van der Waals surface area contributed by atoms with Crippen molar-refractivity contribution in [3.8, 4) is 0 Å². The first-order valence-corrected chi connectivity index (χ1v) is 6.80. The molecule has 0 aromatic rings. The predicted molar refractivity (Wildman–Crippen MR) is 74.0 cm³/mol. The number of hydrogen-bond acceptors (Lipinski definition) is 2. The average Bonchev–Trinajstić information content (AvgIpc) is 2.15. The Hall–Kier alpha value is -0.340. The summed E-state index contributed by atoms with van der Waals surface area (Å²) >= 11 is 0. The number of likely N-dealkylation sites (N-methyl/N-ethyl adjacent to an activating group) is 1. The molecule has 0 aliphatic heterocycles. The molecule has 4 atom stereocenters. The van der Waals surface area contributed by atoms with Crippen LogP contribution in [0.2, 0.25) is 0 Å². The highest BCUT2D eigenvalue weighted by Gasteiger charge is 2.47.